The molecule has 1 aromatic carbocycles. The van der Waals surface area contributed by atoms with Gasteiger partial charge in [-0.15, -0.1) is 0 Å². The third-order valence-electron chi connectivity index (χ3n) is 4.40. The number of hydrogen-bond donors (Lipinski definition) is 4. The molecule has 1 fully saturated rings. The van der Waals surface area contributed by atoms with Gasteiger partial charge in [-0.2, -0.15) is 0 Å². The number of carbonyl (C=O) groups is 3. The molecule has 0 aromatic heterocycles. The van der Waals surface area contributed by atoms with E-state index in [0.29, 0.717) is 30.6 Å². The minimum Gasteiger partial charge on any atom is -0.459 e. The minimum atomic E-state index is -0.409. The summed E-state index contributed by atoms with van der Waals surface area (Å²) in [6.07, 6.45) is 2.79. The maximum atomic E-state index is 12.4. The molecule has 0 saturated heterocycles. The molecular weight excluding hydrogens is 360 g/mol. The highest BCUT2D eigenvalue weighted by Gasteiger charge is 2.25. The summed E-state index contributed by atoms with van der Waals surface area (Å²) in [6, 6.07) is 6.33. The van der Waals surface area contributed by atoms with Crippen molar-refractivity contribution < 1.29 is 19.1 Å². The molecule has 1 saturated carbocycles. The number of anilines is 1. The van der Waals surface area contributed by atoms with Gasteiger partial charge in [0.05, 0.1) is 5.56 Å². The summed E-state index contributed by atoms with van der Waals surface area (Å²) in [6.45, 7) is 6.20. The van der Waals surface area contributed by atoms with Crippen molar-refractivity contribution in [2.75, 3.05) is 11.9 Å². The predicted octanol–water partition coefficient (Wildman–Crippen LogP) is 3.00. The van der Waals surface area contributed by atoms with Crippen LogP contribution in [0.25, 0.3) is 0 Å². The zero-order chi connectivity index (χ0) is 20.5. The largest absolute Gasteiger partial charge is 0.459 e. The Labute approximate surface area is 165 Å². The van der Waals surface area contributed by atoms with Crippen molar-refractivity contribution >= 4 is 23.7 Å². The minimum absolute atomic E-state index is 0.0193. The molecule has 0 radical (unpaired) electrons. The van der Waals surface area contributed by atoms with Crippen LogP contribution in [-0.2, 0) is 4.74 Å². The molecule has 2 rings (SSSR count). The Hall–Kier alpha value is -2.77. The standard InChI is InChI=1S/C20H30N4O4/c1-4-21-19(26)23-15-8-10-17(11-9-15)28-18(25)14-6-5-7-16(12-14)24-20(27)22-13(2)3/h5-7,12-13,15,17H,4,8-11H2,1-3H3,(H2,21,23,26)(H2,22,24,27). The van der Waals surface area contributed by atoms with Gasteiger partial charge in [0.25, 0.3) is 0 Å². The van der Waals surface area contributed by atoms with E-state index in [1.165, 1.54) is 0 Å². The Morgan fingerprint density at radius 2 is 1.82 bits per heavy atom. The summed E-state index contributed by atoms with van der Waals surface area (Å²) in [5, 5.41) is 11.1. The van der Waals surface area contributed by atoms with Crippen molar-refractivity contribution in [2.24, 2.45) is 0 Å². The normalized spacial score (nSPS) is 18.9. The molecule has 0 unspecified atom stereocenters. The van der Waals surface area contributed by atoms with Gasteiger partial charge in [0.2, 0.25) is 0 Å². The summed E-state index contributed by atoms with van der Waals surface area (Å²) in [7, 11) is 0. The lowest BCUT2D eigenvalue weighted by Crippen LogP contribution is -2.44. The van der Waals surface area contributed by atoms with Gasteiger partial charge in [0.15, 0.2) is 0 Å². The Balaban J connectivity index is 1.83. The molecule has 0 atom stereocenters. The van der Waals surface area contributed by atoms with E-state index >= 15 is 0 Å². The van der Waals surface area contributed by atoms with E-state index in [0.717, 1.165) is 12.8 Å². The fraction of sp³-hybridized carbons (Fsp3) is 0.550. The number of ether oxygens (including phenoxy) is 1. The van der Waals surface area contributed by atoms with Crippen LogP contribution < -0.4 is 21.3 Å². The second-order valence-corrected chi connectivity index (χ2v) is 7.22. The number of urea groups is 2. The Bertz CT molecular complexity index is 685. The van der Waals surface area contributed by atoms with E-state index in [1.54, 1.807) is 24.3 Å². The van der Waals surface area contributed by atoms with Gasteiger partial charge in [-0.05, 0) is 64.7 Å². The van der Waals surface area contributed by atoms with Gasteiger partial charge >= 0.3 is 18.0 Å². The lowest BCUT2D eigenvalue weighted by molar-refractivity contribution is 0.0188. The van der Waals surface area contributed by atoms with Crippen molar-refractivity contribution in [3.63, 3.8) is 0 Å². The topological polar surface area (TPSA) is 109 Å². The van der Waals surface area contributed by atoms with E-state index < -0.39 is 5.97 Å². The molecule has 4 N–H and O–H groups in total. The fourth-order valence-electron chi connectivity index (χ4n) is 3.09. The lowest BCUT2D eigenvalue weighted by atomic mass is 9.93. The molecule has 1 aliphatic rings. The highest BCUT2D eigenvalue weighted by Crippen LogP contribution is 2.23. The van der Waals surface area contributed by atoms with Crippen LogP contribution in [0.5, 0.6) is 0 Å². The number of hydrogen-bond acceptors (Lipinski definition) is 4. The number of esters is 1. The van der Waals surface area contributed by atoms with Gasteiger partial charge in [0, 0.05) is 24.3 Å². The lowest BCUT2D eigenvalue weighted by Gasteiger charge is -2.28. The number of amides is 4. The van der Waals surface area contributed by atoms with Gasteiger partial charge < -0.3 is 26.0 Å². The molecular formula is C20H30N4O4. The second-order valence-electron chi connectivity index (χ2n) is 7.22. The third kappa shape index (κ3) is 7.09. The van der Waals surface area contributed by atoms with Crippen LogP contribution in [0.4, 0.5) is 15.3 Å². The maximum absolute atomic E-state index is 12.4. The Morgan fingerprint density at radius 1 is 1.11 bits per heavy atom. The molecule has 8 heteroatoms. The van der Waals surface area contributed by atoms with Crippen LogP contribution in [0.3, 0.4) is 0 Å². The van der Waals surface area contributed by atoms with Gasteiger partial charge in [0.1, 0.15) is 6.10 Å². The average molecular weight is 390 g/mol. The zero-order valence-corrected chi connectivity index (χ0v) is 16.7. The quantitative estimate of drug-likeness (QED) is 0.560. The molecule has 4 amide bonds. The van der Waals surface area contributed by atoms with Crippen LogP contribution >= 0.6 is 0 Å². The monoisotopic (exact) mass is 390 g/mol. The first-order valence-electron chi connectivity index (χ1n) is 9.80. The highest BCUT2D eigenvalue weighted by molar-refractivity contribution is 5.94. The van der Waals surface area contributed by atoms with Crippen molar-refractivity contribution in [2.45, 2.75) is 64.6 Å². The summed E-state index contributed by atoms with van der Waals surface area (Å²) in [5.74, 6) is -0.409. The number of rotatable bonds is 6. The molecule has 1 aromatic rings. The van der Waals surface area contributed by atoms with Gasteiger partial charge in [-0.3, -0.25) is 0 Å². The molecule has 0 bridgehead atoms. The first kappa shape index (κ1) is 21.5. The van der Waals surface area contributed by atoms with E-state index in [9.17, 15) is 14.4 Å². The van der Waals surface area contributed by atoms with Crippen LogP contribution in [-0.4, -0.2) is 42.8 Å². The summed E-state index contributed by atoms with van der Waals surface area (Å²) >= 11 is 0. The van der Waals surface area contributed by atoms with Crippen LogP contribution in [0.2, 0.25) is 0 Å². The number of carbonyl (C=O) groups excluding carboxylic acids is 3. The van der Waals surface area contributed by atoms with Crippen molar-refractivity contribution in [1.82, 2.24) is 16.0 Å². The molecule has 8 nitrogen and oxygen atoms in total. The highest BCUT2D eigenvalue weighted by atomic mass is 16.5. The predicted molar refractivity (Wildman–Crippen MR) is 107 cm³/mol. The zero-order valence-electron chi connectivity index (χ0n) is 16.7. The van der Waals surface area contributed by atoms with Gasteiger partial charge in [-0.1, -0.05) is 6.07 Å². The number of benzene rings is 1. The fourth-order valence-corrected chi connectivity index (χ4v) is 3.09. The third-order valence-corrected chi connectivity index (χ3v) is 4.40. The molecule has 154 valence electrons. The SMILES string of the molecule is CCNC(=O)NC1CCC(OC(=O)c2cccc(NC(=O)NC(C)C)c2)CC1. The maximum Gasteiger partial charge on any atom is 0.338 e. The first-order valence-corrected chi connectivity index (χ1v) is 9.80. The molecule has 0 aliphatic heterocycles. The molecule has 0 spiro atoms. The summed E-state index contributed by atoms with van der Waals surface area (Å²) in [5.41, 5.74) is 0.923. The van der Waals surface area contributed by atoms with Crippen LogP contribution in [0.1, 0.15) is 56.8 Å². The smallest absolute Gasteiger partial charge is 0.338 e. The van der Waals surface area contributed by atoms with E-state index in [-0.39, 0.29) is 30.2 Å². The summed E-state index contributed by atoms with van der Waals surface area (Å²) < 4.78 is 5.61. The van der Waals surface area contributed by atoms with Crippen LogP contribution in [0, 0.1) is 0 Å². The second kappa shape index (κ2) is 10.5. The Kier molecular flexibility index (Phi) is 8.10. The molecule has 0 heterocycles. The van der Waals surface area contributed by atoms with Crippen molar-refractivity contribution in [1.29, 1.82) is 0 Å². The van der Waals surface area contributed by atoms with Crippen LogP contribution in [0.15, 0.2) is 24.3 Å². The van der Waals surface area contributed by atoms with E-state index in [4.69, 9.17) is 4.74 Å². The van der Waals surface area contributed by atoms with E-state index in [1.807, 2.05) is 20.8 Å². The summed E-state index contributed by atoms with van der Waals surface area (Å²) in [4.78, 5) is 35.8. The van der Waals surface area contributed by atoms with Crippen molar-refractivity contribution in [3.05, 3.63) is 29.8 Å². The Morgan fingerprint density at radius 3 is 2.46 bits per heavy atom. The molecule has 28 heavy (non-hydrogen) atoms. The van der Waals surface area contributed by atoms with E-state index in [2.05, 4.69) is 21.3 Å². The first-order chi connectivity index (χ1) is 13.4. The number of nitrogens with one attached hydrogen (secondary N) is 4. The molecule has 1 aliphatic carbocycles. The van der Waals surface area contributed by atoms with Crippen molar-refractivity contribution in [3.8, 4) is 0 Å². The van der Waals surface area contributed by atoms with Gasteiger partial charge in [-0.25, -0.2) is 14.4 Å². The average Bonchev–Trinajstić information content (AvgIpc) is 2.63.